The van der Waals surface area contributed by atoms with E-state index in [0.29, 0.717) is 22.1 Å². The first kappa shape index (κ1) is 23.3. The third kappa shape index (κ3) is 6.32. The van der Waals surface area contributed by atoms with Crippen molar-refractivity contribution in [2.75, 3.05) is 55.8 Å². The van der Waals surface area contributed by atoms with Gasteiger partial charge in [-0.3, -0.25) is 9.79 Å². The number of benzene rings is 2. The molecule has 9 heteroatoms. The molecule has 1 aliphatic rings. The molecule has 0 radical (unpaired) electrons. The average Bonchev–Trinajstić information content (AvgIpc) is 2.84. The van der Waals surface area contributed by atoms with Crippen molar-refractivity contribution in [1.29, 1.82) is 0 Å². The van der Waals surface area contributed by atoms with Crippen LogP contribution in [0.1, 0.15) is 10.4 Å². The van der Waals surface area contributed by atoms with Crippen molar-refractivity contribution in [3.05, 3.63) is 64.9 Å². The standard InChI is InChI=1S/C23H28ClN7O/c1-25-15-20(24)22(30-21-6-4-3-5-19(21)23(32)26-2)29-16-28-17-7-9-18(10-8-17)31-13-11-27-12-14-31/h3-10,15-16,27,30H,11-14H2,1-2H3,(H,26,32)(H,28,29)/b22-20-,25-15?. The Kier molecular flexibility index (Phi) is 8.65. The summed E-state index contributed by atoms with van der Waals surface area (Å²) in [5.74, 6) is 0.151. The number of carbonyl (C=O) groups excluding carboxylic acids is 1. The van der Waals surface area contributed by atoms with Crippen molar-refractivity contribution in [1.82, 2.24) is 10.6 Å². The number of carbonyl (C=O) groups is 1. The van der Waals surface area contributed by atoms with Crippen molar-refractivity contribution in [2.45, 2.75) is 0 Å². The monoisotopic (exact) mass is 453 g/mol. The Bertz CT molecular complexity index is 996. The third-order valence-electron chi connectivity index (χ3n) is 4.89. The van der Waals surface area contributed by atoms with Crippen molar-refractivity contribution in [3.8, 4) is 0 Å². The first-order valence-corrected chi connectivity index (χ1v) is 10.7. The minimum Gasteiger partial charge on any atom is -0.369 e. The number of amides is 1. The second-order valence-corrected chi connectivity index (χ2v) is 7.43. The Morgan fingerprint density at radius 2 is 1.84 bits per heavy atom. The SMILES string of the molecule is CN=C/C(Cl)=C(\N=CNc1ccc(N2CCNCC2)cc1)Nc1ccccc1C(=O)NC. The highest BCUT2D eigenvalue weighted by Crippen LogP contribution is 2.21. The molecular formula is C23H28ClN7O. The largest absolute Gasteiger partial charge is 0.369 e. The summed E-state index contributed by atoms with van der Waals surface area (Å²) in [6, 6.07) is 15.3. The lowest BCUT2D eigenvalue weighted by atomic mass is 10.1. The lowest BCUT2D eigenvalue weighted by Gasteiger charge is -2.29. The van der Waals surface area contributed by atoms with E-state index >= 15 is 0 Å². The van der Waals surface area contributed by atoms with Crippen molar-refractivity contribution in [3.63, 3.8) is 0 Å². The summed E-state index contributed by atoms with van der Waals surface area (Å²) in [6.45, 7) is 4.01. The van der Waals surface area contributed by atoms with Crippen molar-refractivity contribution < 1.29 is 4.79 Å². The van der Waals surface area contributed by atoms with Crippen LogP contribution in [0, 0.1) is 0 Å². The van der Waals surface area contributed by atoms with E-state index in [1.165, 1.54) is 11.9 Å². The smallest absolute Gasteiger partial charge is 0.253 e. The number of piperazine rings is 1. The van der Waals surface area contributed by atoms with Crippen molar-refractivity contribution >= 4 is 47.1 Å². The van der Waals surface area contributed by atoms with E-state index in [-0.39, 0.29) is 5.91 Å². The zero-order valence-electron chi connectivity index (χ0n) is 18.2. The van der Waals surface area contributed by atoms with Gasteiger partial charge in [0.25, 0.3) is 5.91 Å². The molecule has 168 valence electrons. The third-order valence-corrected chi connectivity index (χ3v) is 5.17. The second-order valence-electron chi connectivity index (χ2n) is 7.02. The molecule has 32 heavy (non-hydrogen) atoms. The summed E-state index contributed by atoms with van der Waals surface area (Å²) in [7, 11) is 3.21. The fourth-order valence-corrected chi connectivity index (χ4v) is 3.44. The van der Waals surface area contributed by atoms with E-state index in [1.54, 1.807) is 38.6 Å². The molecule has 0 aromatic heterocycles. The number of nitrogens with one attached hydrogen (secondary N) is 4. The van der Waals surface area contributed by atoms with E-state index in [9.17, 15) is 4.79 Å². The van der Waals surface area contributed by atoms with E-state index in [0.717, 1.165) is 31.9 Å². The van der Waals surface area contributed by atoms with Gasteiger partial charge in [0, 0.05) is 57.9 Å². The van der Waals surface area contributed by atoms with Crippen molar-refractivity contribution in [2.24, 2.45) is 9.98 Å². The first-order valence-electron chi connectivity index (χ1n) is 10.4. The van der Waals surface area contributed by atoms with Crippen LogP contribution in [0.4, 0.5) is 17.1 Å². The van der Waals surface area contributed by atoms with Gasteiger partial charge in [0.2, 0.25) is 0 Å². The van der Waals surface area contributed by atoms with E-state index in [4.69, 9.17) is 11.6 Å². The van der Waals surface area contributed by atoms with E-state index in [1.807, 2.05) is 18.2 Å². The molecule has 0 spiro atoms. The topological polar surface area (TPSA) is 93.2 Å². The minimum atomic E-state index is -0.209. The lowest BCUT2D eigenvalue weighted by Crippen LogP contribution is -2.43. The maximum atomic E-state index is 12.2. The van der Waals surface area contributed by atoms with Crippen LogP contribution in [-0.4, -0.2) is 58.7 Å². The van der Waals surface area contributed by atoms with Crippen LogP contribution in [-0.2, 0) is 0 Å². The molecule has 3 rings (SSSR count). The number of allylic oxidation sites excluding steroid dienone is 1. The lowest BCUT2D eigenvalue weighted by molar-refractivity contribution is 0.0964. The number of anilines is 3. The molecule has 0 saturated carbocycles. The summed E-state index contributed by atoms with van der Waals surface area (Å²) in [5.41, 5.74) is 3.17. The highest BCUT2D eigenvalue weighted by atomic mass is 35.5. The van der Waals surface area contributed by atoms with Crippen LogP contribution in [0.5, 0.6) is 0 Å². The van der Waals surface area contributed by atoms with Gasteiger partial charge in [0.15, 0.2) is 5.82 Å². The summed E-state index contributed by atoms with van der Waals surface area (Å²) in [6.07, 6.45) is 3.04. The predicted molar refractivity (Wildman–Crippen MR) is 134 cm³/mol. The average molecular weight is 454 g/mol. The highest BCUT2D eigenvalue weighted by molar-refractivity contribution is 6.39. The van der Waals surface area contributed by atoms with Crippen LogP contribution in [0.2, 0.25) is 0 Å². The number of para-hydroxylation sites is 1. The van der Waals surface area contributed by atoms with Gasteiger partial charge in [0.1, 0.15) is 5.03 Å². The maximum absolute atomic E-state index is 12.2. The van der Waals surface area contributed by atoms with Crippen LogP contribution in [0.15, 0.2) is 69.4 Å². The molecule has 2 aromatic carbocycles. The van der Waals surface area contributed by atoms with Gasteiger partial charge in [0.05, 0.1) is 17.6 Å². The maximum Gasteiger partial charge on any atom is 0.253 e. The number of rotatable bonds is 8. The Hall–Kier alpha value is -3.36. The molecule has 4 N–H and O–H groups in total. The molecule has 2 aromatic rings. The Morgan fingerprint density at radius 3 is 2.53 bits per heavy atom. The summed E-state index contributed by atoms with van der Waals surface area (Å²) in [5, 5.41) is 12.6. The summed E-state index contributed by atoms with van der Waals surface area (Å²) in [4.78, 5) is 22.9. The van der Waals surface area contributed by atoms with E-state index < -0.39 is 0 Å². The molecule has 1 amide bonds. The van der Waals surface area contributed by atoms with Gasteiger partial charge in [-0.15, -0.1) is 0 Å². The number of halogens is 1. The molecule has 1 fully saturated rings. The molecule has 1 aliphatic heterocycles. The predicted octanol–water partition coefficient (Wildman–Crippen LogP) is 3.12. The zero-order valence-corrected chi connectivity index (χ0v) is 19.0. The van der Waals surface area contributed by atoms with Gasteiger partial charge in [-0.2, -0.15) is 0 Å². The Labute approximate surface area is 193 Å². The van der Waals surface area contributed by atoms with Crippen LogP contribution in [0.3, 0.4) is 0 Å². The van der Waals surface area contributed by atoms with E-state index in [2.05, 4.69) is 48.3 Å². The van der Waals surface area contributed by atoms with Gasteiger partial charge >= 0.3 is 0 Å². The number of aliphatic imine (C=N–C) groups is 2. The van der Waals surface area contributed by atoms with Gasteiger partial charge in [-0.25, -0.2) is 4.99 Å². The highest BCUT2D eigenvalue weighted by Gasteiger charge is 2.12. The van der Waals surface area contributed by atoms with Crippen LogP contribution in [0.25, 0.3) is 0 Å². The second kappa shape index (κ2) is 11.9. The minimum absolute atomic E-state index is 0.209. The van der Waals surface area contributed by atoms with Gasteiger partial charge < -0.3 is 26.2 Å². The molecule has 0 bridgehead atoms. The Balaban J connectivity index is 1.73. The Morgan fingerprint density at radius 1 is 1.12 bits per heavy atom. The first-order chi connectivity index (χ1) is 15.6. The van der Waals surface area contributed by atoms with Crippen LogP contribution >= 0.6 is 11.6 Å². The molecule has 0 atom stereocenters. The normalized spacial score (nSPS) is 15.0. The number of nitrogens with zero attached hydrogens (tertiary/aromatic N) is 3. The van der Waals surface area contributed by atoms with Gasteiger partial charge in [-0.05, 0) is 36.4 Å². The molecular weight excluding hydrogens is 426 g/mol. The molecule has 0 aliphatic carbocycles. The summed E-state index contributed by atoms with van der Waals surface area (Å²) >= 11 is 6.37. The molecule has 0 unspecified atom stereocenters. The van der Waals surface area contributed by atoms with Crippen LogP contribution < -0.4 is 26.2 Å². The zero-order chi connectivity index (χ0) is 22.8. The number of hydrogen-bond acceptors (Lipinski definition) is 6. The summed E-state index contributed by atoms with van der Waals surface area (Å²) < 4.78 is 0. The molecule has 8 nitrogen and oxygen atoms in total. The molecule has 1 heterocycles. The molecule has 1 saturated heterocycles. The fourth-order valence-electron chi connectivity index (χ4n) is 3.24. The fraction of sp³-hybridized carbons (Fsp3) is 0.261. The number of hydrogen-bond donors (Lipinski definition) is 4. The quantitative estimate of drug-likeness (QED) is 0.364. The van der Waals surface area contributed by atoms with Gasteiger partial charge in [-0.1, -0.05) is 23.7 Å².